The highest BCUT2D eigenvalue weighted by Gasteiger charge is 2.14. The maximum atomic E-state index is 13.6. The molecule has 0 radical (unpaired) electrons. The molecule has 1 aromatic heterocycles. The van der Waals surface area contributed by atoms with Crippen LogP contribution in [0.25, 0.3) is 32.8 Å². The Morgan fingerprint density at radius 3 is 2.68 bits per heavy atom. The summed E-state index contributed by atoms with van der Waals surface area (Å²) in [6, 6.07) is 14.0. The predicted molar refractivity (Wildman–Crippen MR) is 90.6 cm³/mol. The van der Waals surface area contributed by atoms with Crippen LogP contribution in [-0.4, -0.2) is 10.1 Å². The number of aromatic nitrogens is 1. The monoisotopic (exact) mass is 355 g/mol. The molecule has 0 aliphatic heterocycles. The van der Waals surface area contributed by atoms with Crippen molar-refractivity contribution in [3.63, 3.8) is 0 Å². The number of hydrogen-bond donors (Lipinski definition) is 2. The lowest BCUT2D eigenvalue weighted by molar-refractivity contribution is 0.478. The van der Waals surface area contributed by atoms with E-state index in [9.17, 15) is 9.50 Å². The summed E-state index contributed by atoms with van der Waals surface area (Å²) < 4.78 is 14.6. The third-order valence-corrected chi connectivity index (χ3v) is 4.37. The molecule has 0 amide bonds. The Morgan fingerprint density at radius 2 is 1.82 bits per heavy atom. The van der Waals surface area contributed by atoms with E-state index in [1.807, 2.05) is 24.3 Å². The molecule has 108 valence electrons. The molecule has 1 heterocycles. The molecule has 0 fully saturated rings. The molecule has 0 bridgehead atoms. The smallest absolute Gasteiger partial charge is 0.124 e. The van der Waals surface area contributed by atoms with Crippen molar-refractivity contribution in [3.8, 4) is 16.9 Å². The van der Waals surface area contributed by atoms with E-state index in [-0.39, 0.29) is 11.6 Å². The quantitative estimate of drug-likeness (QED) is 0.458. The van der Waals surface area contributed by atoms with Crippen molar-refractivity contribution in [2.24, 2.45) is 0 Å². The summed E-state index contributed by atoms with van der Waals surface area (Å²) in [4.78, 5) is 3.13. The van der Waals surface area contributed by atoms with Crippen molar-refractivity contribution in [2.45, 2.75) is 0 Å². The number of fused-ring (bicyclic) bond motifs is 2. The summed E-state index contributed by atoms with van der Waals surface area (Å²) in [5, 5.41) is 13.0. The molecule has 4 rings (SSSR count). The van der Waals surface area contributed by atoms with Crippen molar-refractivity contribution in [3.05, 3.63) is 65.0 Å². The number of H-pyrrole nitrogens is 1. The number of halogens is 2. The van der Waals surface area contributed by atoms with Gasteiger partial charge in [-0.1, -0.05) is 28.1 Å². The summed E-state index contributed by atoms with van der Waals surface area (Å²) in [6.07, 6.45) is 1.81. The van der Waals surface area contributed by atoms with Gasteiger partial charge < -0.3 is 10.1 Å². The number of aromatic amines is 1. The molecule has 0 atom stereocenters. The minimum absolute atomic E-state index is 0.181. The summed E-state index contributed by atoms with van der Waals surface area (Å²) in [5.74, 6) is -0.115. The number of nitrogens with one attached hydrogen (secondary N) is 1. The van der Waals surface area contributed by atoms with Crippen LogP contribution < -0.4 is 0 Å². The topological polar surface area (TPSA) is 36.0 Å². The lowest BCUT2D eigenvalue weighted by Gasteiger charge is -2.09. The molecule has 2 nitrogen and oxygen atoms in total. The van der Waals surface area contributed by atoms with Gasteiger partial charge in [0.15, 0.2) is 0 Å². The summed E-state index contributed by atoms with van der Waals surface area (Å²) >= 11 is 3.46. The molecular formula is C18H11BrFNO. The second-order valence-corrected chi connectivity index (χ2v) is 6.13. The van der Waals surface area contributed by atoms with Crippen LogP contribution >= 0.6 is 15.9 Å². The van der Waals surface area contributed by atoms with Gasteiger partial charge in [0.1, 0.15) is 11.6 Å². The number of phenols is 1. The van der Waals surface area contributed by atoms with E-state index in [4.69, 9.17) is 0 Å². The maximum absolute atomic E-state index is 13.6. The second-order valence-electron chi connectivity index (χ2n) is 5.22. The first-order valence-electron chi connectivity index (χ1n) is 6.82. The summed E-state index contributed by atoms with van der Waals surface area (Å²) in [6.45, 7) is 0. The van der Waals surface area contributed by atoms with Crippen molar-refractivity contribution in [1.29, 1.82) is 0 Å². The maximum Gasteiger partial charge on any atom is 0.124 e. The lowest BCUT2D eigenvalue weighted by atomic mass is 9.97. The Kier molecular flexibility index (Phi) is 2.94. The van der Waals surface area contributed by atoms with Crippen LogP contribution in [0.1, 0.15) is 0 Å². The van der Waals surface area contributed by atoms with Crippen LogP contribution in [0.5, 0.6) is 5.75 Å². The summed E-state index contributed by atoms with van der Waals surface area (Å²) in [5.41, 5.74) is 2.34. The molecular weight excluding hydrogens is 345 g/mol. The largest absolute Gasteiger partial charge is 0.507 e. The van der Waals surface area contributed by atoms with Gasteiger partial charge in [0.2, 0.25) is 0 Å². The van der Waals surface area contributed by atoms with Gasteiger partial charge in [-0.2, -0.15) is 0 Å². The van der Waals surface area contributed by atoms with Gasteiger partial charge in [0, 0.05) is 32.7 Å². The highest BCUT2D eigenvalue weighted by Crippen LogP contribution is 2.40. The first-order valence-corrected chi connectivity index (χ1v) is 7.61. The third-order valence-electron chi connectivity index (χ3n) is 3.87. The summed E-state index contributed by atoms with van der Waals surface area (Å²) in [7, 11) is 0. The average molecular weight is 356 g/mol. The first-order chi connectivity index (χ1) is 10.6. The molecule has 0 saturated heterocycles. The lowest BCUT2D eigenvalue weighted by Crippen LogP contribution is -1.83. The van der Waals surface area contributed by atoms with E-state index in [1.165, 1.54) is 12.1 Å². The zero-order valence-electron chi connectivity index (χ0n) is 11.4. The molecule has 0 unspecified atom stereocenters. The molecule has 22 heavy (non-hydrogen) atoms. The van der Waals surface area contributed by atoms with Crippen molar-refractivity contribution >= 4 is 37.6 Å². The van der Waals surface area contributed by atoms with Gasteiger partial charge in [0.25, 0.3) is 0 Å². The van der Waals surface area contributed by atoms with Crippen molar-refractivity contribution in [2.75, 3.05) is 0 Å². The van der Waals surface area contributed by atoms with E-state index in [0.717, 1.165) is 31.7 Å². The Hall–Kier alpha value is -2.33. The van der Waals surface area contributed by atoms with Crippen LogP contribution in [0.2, 0.25) is 0 Å². The van der Waals surface area contributed by atoms with Crippen LogP contribution in [0.3, 0.4) is 0 Å². The highest BCUT2D eigenvalue weighted by molar-refractivity contribution is 9.10. The molecule has 3 aromatic carbocycles. The van der Waals surface area contributed by atoms with Crippen LogP contribution in [0, 0.1) is 5.82 Å². The molecule has 4 aromatic rings. The van der Waals surface area contributed by atoms with Gasteiger partial charge >= 0.3 is 0 Å². The van der Waals surface area contributed by atoms with Gasteiger partial charge in [-0.3, -0.25) is 0 Å². The third kappa shape index (κ3) is 1.99. The normalized spacial score (nSPS) is 11.4. The number of aromatic hydroxyl groups is 1. The molecule has 0 aliphatic carbocycles. The van der Waals surface area contributed by atoms with Crippen LogP contribution in [-0.2, 0) is 0 Å². The predicted octanol–water partition coefficient (Wildman–Crippen LogP) is 5.60. The second kappa shape index (κ2) is 4.85. The minimum Gasteiger partial charge on any atom is -0.507 e. The van der Waals surface area contributed by atoms with Gasteiger partial charge in [-0.15, -0.1) is 0 Å². The van der Waals surface area contributed by atoms with Crippen molar-refractivity contribution in [1.82, 2.24) is 4.98 Å². The Labute approximate surface area is 134 Å². The zero-order chi connectivity index (χ0) is 15.3. The number of benzene rings is 3. The fraction of sp³-hybridized carbons (Fsp3) is 0. The first kappa shape index (κ1) is 13.3. The molecule has 2 N–H and O–H groups in total. The fourth-order valence-electron chi connectivity index (χ4n) is 2.87. The SMILES string of the molecule is Oc1ccc2cc(Br)ccc2c1-c1c[nH]c2ccc(F)cc12. The molecule has 4 heteroatoms. The number of hydrogen-bond acceptors (Lipinski definition) is 1. The number of rotatable bonds is 1. The van der Waals surface area contributed by atoms with Crippen LogP contribution in [0.4, 0.5) is 4.39 Å². The average Bonchev–Trinajstić information content (AvgIpc) is 2.90. The van der Waals surface area contributed by atoms with E-state index in [1.54, 1.807) is 18.3 Å². The minimum atomic E-state index is -0.296. The van der Waals surface area contributed by atoms with E-state index >= 15 is 0 Å². The molecule has 0 saturated carbocycles. The zero-order valence-corrected chi connectivity index (χ0v) is 13.0. The number of phenolic OH excluding ortho intramolecular Hbond substituents is 1. The highest BCUT2D eigenvalue weighted by atomic mass is 79.9. The Balaban J connectivity index is 2.11. The molecule has 0 aliphatic rings. The Bertz CT molecular complexity index is 1020. The van der Waals surface area contributed by atoms with Crippen molar-refractivity contribution < 1.29 is 9.50 Å². The molecule has 0 spiro atoms. The van der Waals surface area contributed by atoms with Gasteiger partial charge in [-0.05, 0) is 47.2 Å². The standard InChI is InChI=1S/C18H11BrFNO/c19-11-2-4-13-10(7-11)1-6-17(22)18(13)15-9-21-16-5-3-12(20)8-14(15)16/h1-9,21-22H. The van der Waals surface area contributed by atoms with E-state index < -0.39 is 0 Å². The van der Waals surface area contributed by atoms with E-state index in [2.05, 4.69) is 20.9 Å². The van der Waals surface area contributed by atoms with E-state index in [0.29, 0.717) is 5.56 Å². The van der Waals surface area contributed by atoms with Crippen LogP contribution in [0.15, 0.2) is 59.2 Å². The van der Waals surface area contributed by atoms with Gasteiger partial charge in [0.05, 0.1) is 0 Å². The van der Waals surface area contributed by atoms with Gasteiger partial charge in [-0.25, -0.2) is 4.39 Å². The Morgan fingerprint density at radius 1 is 0.955 bits per heavy atom. The fourth-order valence-corrected chi connectivity index (χ4v) is 3.25.